The van der Waals surface area contributed by atoms with Gasteiger partial charge in [0.25, 0.3) is 5.91 Å². The third-order valence-corrected chi connectivity index (χ3v) is 4.76. The lowest BCUT2D eigenvalue weighted by Gasteiger charge is -2.11. The van der Waals surface area contributed by atoms with Crippen LogP contribution in [0, 0.1) is 10.5 Å². The van der Waals surface area contributed by atoms with Gasteiger partial charge < -0.3 is 5.32 Å². The molecule has 110 valence electrons. The van der Waals surface area contributed by atoms with Crippen LogP contribution in [-0.2, 0) is 10.0 Å². The molecule has 2 aromatic carbocycles. The van der Waals surface area contributed by atoms with Crippen molar-refractivity contribution in [1.29, 1.82) is 0 Å². The number of hydrogen-bond donors (Lipinski definition) is 2. The highest BCUT2D eigenvalue weighted by atomic mass is 127. The fourth-order valence-corrected chi connectivity index (χ4v) is 2.92. The number of aryl methyl sites for hydroxylation is 1. The van der Waals surface area contributed by atoms with Crippen LogP contribution in [0.15, 0.2) is 47.4 Å². The summed E-state index contributed by atoms with van der Waals surface area (Å²) in [6.45, 7) is 1.78. The van der Waals surface area contributed by atoms with Crippen molar-refractivity contribution in [3.05, 3.63) is 57.2 Å². The Kier molecular flexibility index (Phi) is 4.64. The van der Waals surface area contributed by atoms with Gasteiger partial charge in [-0.2, -0.15) is 0 Å². The van der Waals surface area contributed by atoms with Gasteiger partial charge in [-0.05, 0) is 59.3 Å². The normalized spacial score (nSPS) is 11.2. The SMILES string of the molecule is Cc1ccc(S(N)(=O)=O)cc1NC(=O)c1ccccc1I. The first-order valence-corrected chi connectivity index (χ1v) is 8.61. The Morgan fingerprint density at radius 3 is 2.48 bits per heavy atom. The van der Waals surface area contributed by atoms with E-state index in [1.54, 1.807) is 25.1 Å². The number of nitrogens with two attached hydrogens (primary N) is 1. The minimum absolute atomic E-state index is 0.0360. The number of amides is 1. The molecule has 0 aliphatic heterocycles. The van der Waals surface area contributed by atoms with Crippen molar-refractivity contribution in [3.63, 3.8) is 0 Å². The standard InChI is InChI=1S/C14H13IN2O3S/c1-9-6-7-10(21(16,19)20)8-13(9)17-14(18)11-4-2-3-5-12(11)15/h2-8H,1H3,(H,17,18)(H2,16,19,20). The first-order chi connectivity index (χ1) is 9.79. The lowest BCUT2D eigenvalue weighted by molar-refractivity contribution is 0.102. The van der Waals surface area contributed by atoms with E-state index < -0.39 is 10.0 Å². The monoisotopic (exact) mass is 416 g/mol. The molecule has 2 aromatic rings. The molecule has 5 nitrogen and oxygen atoms in total. The predicted octanol–water partition coefficient (Wildman–Crippen LogP) is 2.50. The van der Waals surface area contributed by atoms with Crippen LogP contribution in [0.4, 0.5) is 5.69 Å². The number of rotatable bonds is 3. The molecule has 21 heavy (non-hydrogen) atoms. The number of hydrogen-bond acceptors (Lipinski definition) is 3. The topological polar surface area (TPSA) is 89.3 Å². The van der Waals surface area contributed by atoms with Crippen molar-refractivity contribution in [2.75, 3.05) is 5.32 Å². The van der Waals surface area contributed by atoms with E-state index in [0.29, 0.717) is 11.3 Å². The molecule has 3 N–H and O–H groups in total. The molecule has 0 aromatic heterocycles. The summed E-state index contributed by atoms with van der Waals surface area (Å²) in [5.74, 6) is -0.297. The maximum Gasteiger partial charge on any atom is 0.256 e. The number of halogens is 1. The van der Waals surface area contributed by atoms with Crippen LogP contribution in [0.25, 0.3) is 0 Å². The van der Waals surface area contributed by atoms with Crippen molar-refractivity contribution < 1.29 is 13.2 Å². The summed E-state index contributed by atoms with van der Waals surface area (Å²) in [5, 5.41) is 7.82. The number of benzene rings is 2. The van der Waals surface area contributed by atoms with Gasteiger partial charge in [-0.1, -0.05) is 18.2 Å². The number of anilines is 1. The molecule has 0 radical (unpaired) electrons. The van der Waals surface area contributed by atoms with E-state index in [9.17, 15) is 13.2 Å². The van der Waals surface area contributed by atoms with E-state index in [4.69, 9.17) is 5.14 Å². The zero-order chi connectivity index (χ0) is 15.6. The van der Waals surface area contributed by atoms with Gasteiger partial charge >= 0.3 is 0 Å². The van der Waals surface area contributed by atoms with Crippen molar-refractivity contribution in [3.8, 4) is 0 Å². The van der Waals surface area contributed by atoms with Crippen LogP contribution in [-0.4, -0.2) is 14.3 Å². The highest BCUT2D eigenvalue weighted by molar-refractivity contribution is 14.1. The quantitative estimate of drug-likeness (QED) is 0.754. The Labute approximate surface area is 136 Å². The second-order valence-electron chi connectivity index (χ2n) is 4.46. The Morgan fingerprint density at radius 1 is 1.19 bits per heavy atom. The van der Waals surface area contributed by atoms with E-state index in [0.717, 1.165) is 9.13 Å². The smallest absolute Gasteiger partial charge is 0.256 e. The Bertz CT molecular complexity index is 804. The lowest BCUT2D eigenvalue weighted by atomic mass is 10.1. The summed E-state index contributed by atoms with van der Waals surface area (Å²) in [6, 6.07) is 11.5. The molecule has 0 saturated heterocycles. The molecule has 0 saturated carbocycles. The minimum atomic E-state index is -3.80. The third-order valence-electron chi connectivity index (χ3n) is 2.90. The first-order valence-electron chi connectivity index (χ1n) is 5.98. The Balaban J connectivity index is 2.36. The highest BCUT2D eigenvalue weighted by Crippen LogP contribution is 2.21. The van der Waals surface area contributed by atoms with E-state index in [1.165, 1.54) is 12.1 Å². The van der Waals surface area contributed by atoms with Crippen molar-refractivity contribution in [2.24, 2.45) is 5.14 Å². The largest absolute Gasteiger partial charge is 0.322 e. The summed E-state index contributed by atoms with van der Waals surface area (Å²) < 4.78 is 23.6. The van der Waals surface area contributed by atoms with Gasteiger partial charge in [-0.15, -0.1) is 0 Å². The molecule has 0 aliphatic rings. The Hall–Kier alpha value is -1.45. The van der Waals surface area contributed by atoms with Crippen LogP contribution >= 0.6 is 22.6 Å². The number of primary sulfonamides is 1. The molecule has 0 heterocycles. The third kappa shape index (κ3) is 3.80. The van der Waals surface area contributed by atoms with Gasteiger partial charge in [0.2, 0.25) is 10.0 Å². The molecule has 0 bridgehead atoms. The van der Waals surface area contributed by atoms with E-state index in [1.807, 2.05) is 12.1 Å². The average Bonchev–Trinajstić information content (AvgIpc) is 2.40. The van der Waals surface area contributed by atoms with Crippen LogP contribution in [0.2, 0.25) is 0 Å². The summed E-state index contributed by atoms with van der Waals surface area (Å²) in [7, 11) is -3.80. The summed E-state index contributed by atoms with van der Waals surface area (Å²) in [4.78, 5) is 12.2. The van der Waals surface area contributed by atoms with Gasteiger partial charge in [-0.25, -0.2) is 13.6 Å². The number of carbonyl (C=O) groups excluding carboxylic acids is 1. The fraction of sp³-hybridized carbons (Fsp3) is 0.0714. The van der Waals surface area contributed by atoms with Crippen molar-refractivity contribution >= 4 is 44.2 Å². The molecule has 0 spiro atoms. The number of carbonyl (C=O) groups is 1. The average molecular weight is 416 g/mol. The molecular weight excluding hydrogens is 403 g/mol. The summed E-state index contributed by atoms with van der Waals surface area (Å²) in [5.41, 5.74) is 1.70. The second-order valence-corrected chi connectivity index (χ2v) is 7.18. The van der Waals surface area contributed by atoms with E-state index >= 15 is 0 Å². The molecular formula is C14H13IN2O3S. The maximum absolute atomic E-state index is 12.3. The van der Waals surface area contributed by atoms with Gasteiger partial charge in [0.05, 0.1) is 10.5 Å². The van der Waals surface area contributed by atoms with Crippen molar-refractivity contribution in [2.45, 2.75) is 11.8 Å². The molecule has 7 heteroatoms. The minimum Gasteiger partial charge on any atom is -0.322 e. The maximum atomic E-state index is 12.3. The van der Waals surface area contributed by atoms with Gasteiger partial charge in [-0.3, -0.25) is 4.79 Å². The first kappa shape index (κ1) is 15.9. The van der Waals surface area contributed by atoms with E-state index in [-0.39, 0.29) is 10.8 Å². The van der Waals surface area contributed by atoms with Crippen LogP contribution < -0.4 is 10.5 Å². The summed E-state index contributed by atoms with van der Waals surface area (Å²) >= 11 is 2.07. The zero-order valence-corrected chi connectivity index (χ0v) is 14.1. The number of sulfonamides is 1. The fourth-order valence-electron chi connectivity index (χ4n) is 1.75. The van der Waals surface area contributed by atoms with Gasteiger partial charge in [0.15, 0.2) is 0 Å². The lowest BCUT2D eigenvalue weighted by Crippen LogP contribution is -2.16. The van der Waals surface area contributed by atoms with Crippen molar-refractivity contribution in [1.82, 2.24) is 0 Å². The van der Waals surface area contributed by atoms with Gasteiger partial charge in [0.1, 0.15) is 0 Å². The predicted molar refractivity (Wildman–Crippen MR) is 89.7 cm³/mol. The molecule has 0 atom stereocenters. The highest BCUT2D eigenvalue weighted by Gasteiger charge is 2.14. The van der Waals surface area contributed by atoms with Crippen LogP contribution in [0.5, 0.6) is 0 Å². The number of nitrogens with one attached hydrogen (secondary N) is 1. The molecule has 2 rings (SSSR count). The second kappa shape index (κ2) is 6.12. The Morgan fingerprint density at radius 2 is 1.86 bits per heavy atom. The zero-order valence-electron chi connectivity index (χ0n) is 11.1. The van der Waals surface area contributed by atoms with Crippen LogP contribution in [0.3, 0.4) is 0 Å². The molecule has 0 fully saturated rings. The van der Waals surface area contributed by atoms with E-state index in [2.05, 4.69) is 27.9 Å². The molecule has 1 amide bonds. The molecule has 0 aliphatic carbocycles. The summed E-state index contributed by atoms with van der Waals surface area (Å²) in [6.07, 6.45) is 0. The molecule has 0 unspecified atom stereocenters. The van der Waals surface area contributed by atoms with Gasteiger partial charge in [0, 0.05) is 9.26 Å². The van der Waals surface area contributed by atoms with Crippen LogP contribution in [0.1, 0.15) is 15.9 Å².